The van der Waals surface area contributed by atoms with Crippen LogP contribution in [0.4, 0.5) is 10.2 Å². The third-order valence-corrected chi connectivity index (χ3v) is 3.49. The molecule has 1 heterocycles. The van der Waals surface area contributed by atoms with E-state index in [2.05, 4.69) is 15.3 Å². The van der Waals surface area contributed by atoms with E-state index in [0.717, 1.165) is 5.56 Å². The molecule has 112 valence electrons. The summed E-state index contributed by atoms with van der Waals surface area (Å²) in [5.74, 6) is 0.249. The van der Waals surface area contributed by atoms with E-state index in [1.807, 2.05) is 30.3 Å². The maximum atomic E-state index is 13.4. The topological polar surface area (TPSA) is 58.0 Å². The Morgan fingerprint density at radius 3 is 2.73 bits per heavy atom. The molecule has 2 N–H and O–H groups in total. The largest absolute Gasteiger partial charge is 0.388 e. The number of benzene rings is 2. The SMILES string of the molecule is OC(CCNc1ncnc2ccc(F)cc12)c1ccccc1. The third-order valence-electron chi connectivity index (χ3n) is 3.49. The summed E-state index contributed by atoms with van der Waals surface area (Å²) in [6.45, 7) is 0.526. The van der Waals surface area contributed by atoms with Crippen molar-refractivity contribution in [1.82, 2.24) is 9.97 Å². The molecule has 0 saturated heterocycles. The lowest BCUT2D eigenvalue weighted by atomic mass is 10.1. The lowest BCUT2D eigenvalue weighted by molar-refractivity contribution is 0.171. The van der Waals surface area contributed by atoms with Gasteiger partial charge in [0.25, 0.3) is 0 Å². The number of halogens is 1. The molecule has 3 rings (SSSR count). The summed E-state index contributed by atoms with van der Waals surface area (Å²) in [6.07, 6.45) is 1.43. The highest BCUT2D eigenvalue weighted by Gasteiger charge is 2.08. The van der Waals surface area contributed by atoms with Crippen LogP contribution in [-0.4, -0.2) is 21.6 Å². The summed E-state index contributed by atoms with van der Waals surface area (Å²) in [6, 6.07) is 13.9. The fourth-order valence-corrected chi connectivity index (χ4v) is 2.34. The van der Waals surface area contributed by atoms with Gasteiger partial charge >= 0.3 is 0 Å². The Kier molecular flexibility index (Phi) is 4.25. The Bertz CT molecular complexity index is 764. The second-order valence-corrected chi connectivity index (χ2v) is 5.03. The smallest absolute Gasteiger partial charge is 0.137 e. The van der Waals surface area contributed by atoms with Crippen LogP contribution in [0.25, 0.3) is 10.9 Å². The third kappa shape index (κ3) is 3.20. The number of aliphatic hydroxyl groups excluding tert-OH is 1. The number of hydrogen-bond acceptors (Lipinski definition) is 4. The number of aliphatic hydroxyl groups is 1. The molecule has 22 heavy (non-hydrogen) atoms. The van der Waals surface area contributed by atoms with Crippen LogP contribution in [0.15, 0.2) is 54.9 Å². The van der Waals surface area contributed by atoms with Crippen molar-refractivity contribution in [3.63, 3.8) is 0 Å². The quantitative estimate of drug-likeness (QED) is 0.758. The monoisotopic (exact) mass is 297 g/mol. The predicted octanol–water partition coefficient (Wildman–Crippen LogP) is 3.30. The predicted molar refractivity (Wildman–Crippen MR) is 84.0 cm³/mol. The fraction of sp³-hybridized carbons (Fsp3) is 0.176. The number of nitrogens with zero attached hydrogens (tertiary/aromatic N) is 2. The molecule has 5 heteroatoms. The van der Waals surface area contributed by atoms with Crippen molar-refractivity contribution in [2.45, 2.75) is 12.5 Å². The zero-order valence-electron chi connectivity index (χ0n) is 11.9. The summed E-state index contributed by atoms with van der Waals surface area (Å²) in [4.78, 5) is 8.25. The molecule has 0 fully saturated rings. The van der Waals surface area contributed by atoms with Gasteiger partial charge in [-0.2, -0.15) is 0 Å². The number of anilines is 1. The van der Waals surface area contributed by atoms with Crippen molar-refractivity contribution in [3.8, 4) is 0 Å². The van der Waals surface area contributed by atoms with Crippen molar-refractivity contribution in [3.05, 3.63) is 66.2 Å². The summed E-state index contributed by atoms with van der Waals surface area (Å²) in [5.41, 5.74) is 1.56. The summed E-state index contributed by atoms with van der Waals surface area (Å²) in [7, 11) is 0. The van der Waals surface area contributed by atoms with Crippen LogP contribution < -0.4 is 5.32 Å². The van der Waals surface area contributed by atoms with Gasteiger partial charge < -0.3 is 10.4 Å². The molecule has 0 radical (unpaired) electrons. The number of aromatic nitrogens is 2. The van der Waals surface area contributed by atoms with Crippen LogP contribution in [0.1, 0.15) is 18.1 Å². The molecule has 0 amide bonds. The lowest BCUT2D eigenvalue weighted by Gasteiger charge is -2.12. The molecule has 0 aliphatic carbocycles. The first kappa shape index (κ1) is 14.4. The Labute approximate surface area is 127 Å². The molecular formula is C17H16FN3O. The molecule has 1 aromatic heterocycles. The first-order valence-corrected chi connectivity index (χ1v) is 7.11. The van der Waals surface area contributed by atoms with E-state index in [0.29, 0.717) is 29.7 Å². The van der Waals surface area contributed by atoms with Gasteiger partial charge in [0.2, 0.25) is 0 Å². The van der Waals surface area contributed by atoms with Gasteiger partial charge in [0, 0.05) is 11.9 Å². The maximum Gasteiger partial charge on any atom is 0.137 e. The Hall–Kier alpha value is -2.53. The molecule has 0 aliphatic rings. The Balaban J connectivity index is 1.68. The molecule has 1 atom stereocenters. The fourth-order valence-electron chi connectivity index (χ4n) is 2.34. The van der Waals surface area contributed by atoms with Crippen LogP contribution in [0.5, 0.6) is 0 Å². The van der Waals surface area contributed by atoms with E-state index < -0.39 is 6.10 Å². The molecule has 0 spiro atoms. The van der Waals surface area contributed by atoms with Gasteiger partial charge in [-0.1, -0.05) is 30.3 Å². The van der Waals surface area contributed by atoms with E-state index in [1.54, 1.807) is 6.07 Å². The average Bonchev–Trinajstić information content (AvgIpc) is 2.56. The molecule has 0 bridgehead atoms. The van der Waals surface area contributed by atoms with Gasteiger partial charge in [0.15, 0.2) is 0 Å². The minimum atomic E-state index is -0.543. The number of rotatable bonds is 5. The Morgan fingerprint density at radius 2 is 1.91 bits per heavy atom. The van der Waals surface area contributed by atoms with Crippen molar-refractivity contribution in [2.75, 3.05) is 11.9 Å². The van der Waals surface area contributed by atoms with E-state index >= 15 is 0 Å². The highest BCUT2D eigenvalue weighted by molar-refractivity contribution is 5.88. The summed E-state index contributed by atoms with van der Waals surface area (Å²) < 4.78 is 13.4. The van der Waals surface area contributed by atoms with Crippen LogP contribution in [-0.2, 0) is 0 Å². The highest BCUT2D eigenvalue weighted by Crippen LogP contribution is 2.21. The number of fused-ring (bicyclic) bond motifs is 1. The second-order valence-electron chi connectivity index (χ2n) is 5.03. The van der Waals surface area contributed by atoms with Crippen LogP contribution >= 0.6 is 0 Å². The minimum absolute atomic E-state index is 0.324. The van der Waals surface area contributed by atoms with Crippen molar-refractivity contribution in [1.29, 1.82) is 0 Å². The standard InChI is InChI=1S/C17H16FN3O/c18-13-6-7-15-14(10-13)17(21-11-20-15)19-9-8-16(22)12-4-2-1-3-5-12/h1-7,10-11,16,22H,8-9H2,(H,19,20,21). The van der Waals surface area contributed by atoms with Crippen LogP contribution in [0, 0.1) is 5.82 Å². The molecule has 1 unspecified atom stereocenters. The molecular weight excluding hydrogens is 281 g/mol. The van der Waals surface area contributed by atoms with Crippen molar-refractivity contribution >= 4 is 16.7 Å². The van der Waals surface area contributed by atoms with Crippen LogP contribution in [0.3, 0.4) is 0 Å². The van der Waals surface area contributed by atoms with E-state index in [-0.39, 0.29) is 5.82 Å². The lowest BCUT2D eigenvalue weighted by Crippen LogP contribution is -2.09. The van der Waals surface area contributed by atoms with E-state index in [9.17, 15) is 9.50 Å². The molecule has 0 aliphatic heterocycles. The van der Waals surface area contributed by atoms with Gasteiger partial charge in [0.05, 0.1) is 11.6 Å². The van der Waals surface area contributed by atoms with Crippen molar-refractivity contribution < 1.29 is 9.50 Å². The normalized spacial score (nSPS) is 12.3. The van der Waals surface area contributed by atoms with Gasteiger partial charge in [-0.15, -0.1) is 0 Å². The van der Waals surface area contributed by atoms with Gasteiger partial charge in [-0.25, -0.2) is 14.4 Å². The molecule has 2 aromatic carbocycles. The molecule has 3 aromatic rings. The minimum Gasteiger partial charge on any atom is -0.388 e. The first-order chi connectivity index (χ1) is 10.7. The first-order valence-electron chi connectivity index (χ1n) is 7.11. The van der Waals surface area contributed by atoms with Gasteiger partial charge in [0.1, 0.15) is 18.0 Å². The average molecular weight is 297 g/mol. The van der Waals surface area contributed by atoms with Gasteiger partial charge in [-0.3, -0.25) is 0 Å². The zero-order valence-corrected chi connectivity index (χ0v) is 11.9. The summed E-state index contributed by atoms with van der Waals surface area (Å²) in [5, 5.41) is 13.9. The van der Waals surface area contributed by atoms with E-state index in [4.69, 9.17) is 0 Å². The zero-order chi connectivity index (χ0) is 15.4. The number of hydrogen-bond donors (Lipinski definition) is 2. The van der Waals surface area contributed by atoms with Crippen molar-refractivity contribution in [2.24, 2.45) is 0 Å². The summed E-state index contributed by atoms with van der Waals surface area (Å²) >= 11 is 0. The van der Waals surface area contributed by atoms with Gasteiger partial charge in [-0.05, 0) is 30.2 Å². The number of nitrogens with one attached hydrogen (secondary N) is 1. The Morgan fingerprint density at radius 1 is 1.09 bits per heavy atom. The molecule has 0 saturated carbocycles. The maximum absolute atomic E-state index is 13.4. The van der Waals surface area contributed by atoms with E-state index in [1.165, 1.54) is 18.5 Å². The van der Waals surface area contributed by atoms with Crippen LogP contribution in [0.2, 0.25) is 0 Å². The molecule has 4 nitrogen and oxygen atoms in total. The second kappa shape index (κ2) is 6.49. The highest BCUT2D eigenvalue weighted by atomic mass is 19.1.